The van der Waals surface area contributed by atoms with Crippen LogP contribution in [0.2, 0.25) is 0 Å². The SMILES string of the molecule is CC(NC(=O)CCNC(=O)C12CC3CC(CC(C3)C1)C2)c1ccc(F)c(F)c1. The molecule has 5 rings (SSSR count). The third-order valence-corrected chi connectivity index (χ3v) is 6.98. The standard InChI is InChI=1S/C22H28F2N2O2/c1-13(17-2-3-18(23)19(24)9-17)26-20(27)4-5-25-21(28)22-10-14-6-15(11-22)8-16(7-14)12-22/h2-3,9,13-16H,4-8,10-12H2,1H3,(H,25,28)(H,26,27). The number of hydrogen-bond acceptors (Lipinski definition) is 2. The molecule has 1 unspecified atom stereocenters. The highest BCUT2D eigenvalue weighted by Crippen LogP contribution is 2.60. The van der Waals surface area contributed by atoms with Gasteiger partial charge in [0.1, 0.15) is 0 Å². The molecule has 2 N–H and O–H groups in total. The van der Waals surface area contributed by atoms with Crippen LogP contribution in [0, 0.1) is 34.8 Å². The average Bonchev–Trinajstić information content (AvgIpc) is 2.62. The Balaban J connectivity index is 1.25. The van der Waals surface area contributed by atoms with Crippen LogP contribution in [0.1, 0.15) is 63.5 Å². The molecule has 0 aromatic heterocycles. The molecular formula is C22H28F2N2O2. The van der Waals surface area contributed by atoms with Gasteiger partial charge in [0.15, 0.2) is 11.6 Å². The molecular weight excluding hydrogens is 362 g/mol. The van der Waals surface area contributed by atoms with Gasteiger partial charge in [0.2, 0.25) is 11.8 Å². The third kappa shape index (κ3) is 3.78. The van der Waals surface area contributed by atoms with E-state index in [1.165, 1.54) is 25.3 Å². The number of hydrogen-bond donors (Lipinski definition) is 2. The minimum absolute atomic E-state index is 0.119. The summed E-state index contributed by atoms with van der Waals surface area (Å²) < 4.78 is 26.4. The topological polar surface area (TPSA) is 58.2 Å². The van der Waals surface area contributed by atoms with Gasteiger partial charge in [-0.2, -0.15) is 0 Å². The van der Waals surface area contributed by atoms with Crippen LogP contribution in [-0.4, -0.2) is 18.4 Å². The predicted molar refractivity (Wildman–Crippen MR) is 101 cm³/mol. The average molecular weight is 390 g/mol. The van der Waals surface area contributed by atoms with Gasteiger partial charge in [-0.3, -0.25) is 9.59 Å². The highest BCUT2D eigenvalue weighted by Gasteiger charge is 2.54. The summed E-state index contributed by atoms with van der Waals surface area (Å²) in [6, 6.07) is 3.17. The fraction of sp³-hybridized carbons (Fsp3) is 0.636. The van der Waals surface area contributed by atoms with E-state index in [1.807, 2.05) is 0 Å². The molecule has 0 heterocycles. The molecule has 4 nitrogen and oxygen atoms in total. The molecule has 1 aromatic carbocycles. The van der Waals surface area contributed by atoms with Gasteiger partial charge in [0, 0.05) is 18.4 Å². The number of halogens is 2. The van der Waals surface area contributed by atoms with E-state index in [0.717, 1.165) is 31.4 Å². The number of amides is 2. The maximum absolute atomic E-state index is 13.3. The molecule has 28 heavy (non-hydrogen) atoms. The van der Waals surface area contributed by atoms with Crippen molar-refractivity contribution in [1.82, 2.24) is 10.6 Å². The molecule has 0 aliphatic heterocycles. The van der Waals surface area contributed by atoms with E-state index in [2.05, 4.69) is 10.6 Å². The van der Waals surface area contributed by atoms with E-state index in [1.54, 1.807) is 6.92 Å². The number of carbonyl (C=O) groups is 2. The lowest BCUT2D eigenvalue weighted by atomic mass is 9.49. The molecule has 4 fully saturated rings. The van der Waals surface area contributed by atoms with Gasteiger partial charge in [-0.25, -0.2) is 8.78 Å². The Hall–Kier alpha value is -1.98. The minimum atomic E-state index is -0.929. The molecule has 4 aliphatic carbocycles. The molecule has 1 aromatic rings. The molecule has 0 spiro atoms. The lowest BCUT2D eigenvalue weighted by Gasteiger charge is -2.55. The molecule has 2 amide bonds. The summed E-state index contributed by atoms with van der Waals surface area (Å²) in [7, 11) is 0. The fourth-order valence-corrected chi connectivity index (χ4v) is 6.04. The molecule has 1 atom stereocenters. The number of rotatable bonds is 6. The van der Waals surface area contributed by atoms with Gasteiger partial charge < -0.3 is 10.6 Å². The van der Waals surface area contributed by atoms with Crippen molar-refractivity contribution < 1.29 is 18.4 Å². The molecule has 6 heteroatoms. The summed E-state index contributed by atoms with van der Waals surface area (Å²) >= 11 is 0. The Morgan fingerprint density at radius 1 is 1.07 bits per heavy atom. The van der Waals surface area contributed by atoms with Crippen molar-refractivity contribution in [3.05, 3.63) is 35.4 Å². The van der Waals surface area contributed by atoms with Crippen molar-refractivity contribution in [1.29, 1.82) is 0 Å². The first-order chi connectivity index (χ1) is 13.3. The largest absolute Gasteiger partial charge is 0.355 e. The molecule has 152 valence electrons. The quantitative estimate of drug-likeness (QED) is 0.775. The molecule has 0 radical (unpaired) electrons. The van der Waals surface area contributed by atoms with Crippen molar-refractivity contribution in [3.8, 4) is 0 Å². The van der Waals surface area contributed by atoms with Crippen LogP contribution in [-0.2, 0) is 9.59 Å². The second-order valence-electron chi connectivity index (χ2n) is 9.17. The number of nitrogens with one attached hydrogen (secondary N) is 2. The Kier molecular flexibility index (Phi) is 5.15. The van der Waals surface area contributed by atoms with Crippen LogP contribution >= 0.6 is 0 Å². The molecule has 4 saturated carbocycles. The monoisotopic (exact) mass is 390 g/mol. The smallest absolute Gasteiger partial charge is 0.226 e. The Morgan fingerprint density at radius 2 is 1.68 bits per heavy atom. The Bertz CT molecular complexity index is 745. The van der Waals surface area contributed by atoms with E-state index in [9.17, 15) is 18.4 Å². The first kappa shape index (κ1) is 19.3. The van der Waals surface area contributed by atoms with Crippen LogP contribution < -0.4 is 10.6 Å². The van der Waals surface area contributed by atoms with Crippen LogP contribution in [0.15, 0.2) is 18.2 Å². The van der Waals surface area contributed by atoms with Gasteiger partial charge >= 0.3 is 0 Å². The normalized spacial score (nSPS) is 31.5. The zero-order valence-electron chi connectivity index (χ0n) is 16.3. The minimum Gasteiger partial charge on any atom is -0.355 e. The first-order valence-electron chi connectivity index (χ1n) is 10.4. The second-order valence-corrected chi connectivity index (χ2v) is 9.17. The summed E-state index contributed by atoms with van der Waals surface area (Å²) in [6.07, 6.45) is 7.05. The van der Waals surface area contributed by atoms with Crippen molar-refractivity contribution >= 4 is 11.8 Å². The molecule has 0 saturated heterocycles. The van der Waals surface area contributed by atoms with Crippen LogP contribution in [0.4, 0.5) is 8.78 Å². The van der Waals surface area contributed by atoms with Crippen molar-refractivity contribution in [2.24, 2.45) is 23.2 Å². The van der Waals surface area contributed by atoms with Crippen LogP contribution in [0.3, 0.4) is 0 Å². The van der Waals surface area contributed by atoms with E-state index in [-0.39, 0.29) is 23.7 Å². The van der Waals surface area contributed by atoms with Crippen molar-refractivity contribution in [2.75, 3.05) is 6.54 Å². The second kappa shape index (κ2) is 7.45. The summed E-state index contributed by atoms with van der Waals surface area (Å²) in [5.41, 5.74) is 0.300. The van der Waals surface area contributed by atoms with Gasteiger partial charge in [0.05, 0.1) is 6.04 Å². The summed E-state index contributed by atoms with van der Waals surface area (Å²) in [4.78, 5) is 25.0. The molecule has 4 aliphatic rings. The maximum Gasteiger partial charge on any atom is 0.226 e. The van der Waals surface area contributed by atoms with E-state index in [0.29, 0.717) is 29.9 Å². The molecule has 4 bridgehead atoms. The van der Waals surface area contributed by atoms with Crippen LogP contribution in [0.25, 0.3) is 0 Å². The van der Waals surface area contributed by atoms with Crippen molar-refractivity contribution in [2.45, 2.75) is 57.9 Å². The zero-order chi connectivity index (χ0) is 19.9. The first-order valence-corrected chi connectivity index (χ1v) is 10.4. The lowest BCUT2D eigenvalue weighted by Crippen LogP contribution is -2.53. The summed E-state index contributed by atoms with van der Waals surface area (Å²) in [5, 5.41) is 5.76. The van der Waals surface area contributed by atoms with E-state index >= 15 is 0 Å². The summed E-state index contributed by atoms with van der Waals surface area (Å²) in [6.45, 7) is 2.02. The third-order valence-electron chi connectivity index (χ3n) is 6.98. The highest BCUT2D eigenvalue weighted by atomic mass is 19.2. The summed E-state index contributed by atoms with van der Waals surface area (Å²) in [5.74, 6) is 0.180. The van der Waals surface area contributed by atoms with Gasteiger partial charge in [-0.1, -0.05) is 6.07 Å². The Labute approximate surface area is 164 Å². The van der Waals surface area contributed by atoms with Gasteiger partial charge in [-0.15, -0.1) is 0 Å². The van der Waals surface area contributed by atoms with Gasteiger partial charge in [-0.05, 0) is 80.9 Å². The van der Waals surface area contributed by atoms with Gasteiger partial charge in [0.25, 0.3) is 0 Å². The van der Waals surface area contributed by atoms with E-state index in [4.69, 9.17) is 0 Å². The predicted octanol–water partition coefficient (Wildman–Crippen LogP) is 3.86. The fourth-order valence-electron chi connectivity index (χ4n) is 6.04. The maximum atomic E-state index is 13.3. The van der Waals surface area contributed by atoms with Crippen molar-refractivity contribution in [3.63, 3.8) is 0 Å². The van der Waals surface area contributed by atoms with Crippen LogP contribution in [0.5, 0.6) is 0 Å². The Morgan fingerprint density at radius 3 is 2.25 bits per heavy atom. The lowest BCUT2D eigenvalue weighted by molar-refractivity contribution is -0.146. The zero-order valence-corrected chi connectivity index (χ0v) is 16.3. The van der Waals surface area contributed by atoms with E-state index < -0.39 is 17.7 Å². The number of carbonyl (C=O) groups excluding carboxylic acids is 2. The number of benzene rings is 1. The highest BCUT2D eigenvalue weighted by molar-refractivity contribution is 5.84.